The highest BCUT2D eigenvalue weighted by molar-refractivity contribution is 6.33. The Morgan fingerprint density at radius 1 is 1.11 bits per heavy atom. The van der Waals surface area contributed by atoms with E-state index in [0.29, 0.717) is 64.7 Å². The van der Waals surface area contributed by atoms with Crippen LogP contribution in [0.15, 0.2) is 54.6 Å². The number of halogens is 1. The van der Waals surface area contributed by atoms with Crippen molar-refractivity contribution >= 4 is 46.1 Å². The van der Waals surface area contributed by atoms with Crippen molar-refractivity contribution in [2.24, 2.45) is 5.92 Å². The van der Waals surface area contributed by atoms with Gasteiger partial charge in [-0.1, -0.05) is 23.7 Å². The van der Waals surface area contributed by atoms with Gasteiger partial charge < -0.3 is 25.6 Å². The molecule has 1 aliphatic heterocycles. The minimum absolute atomic E-state index is 0.268. The number of rotatable bonds is 6. The SMILES string of the molecule is Cc1nc(NCC2CCN(C(=O)O)CC2)ccc1C(=O)Nc1ccc(Cl)c(-c2nc3ccccc3[nH]2)c1. The molecule has 2 aromatic carbocycles. The summed E-state index contributed by atoms with van der Waals surface area (Å²) in [6.45, 7) is 3.61. The van der Waals surface area contributed by atoms with E-state index in [9.17, 15) is 9.59 Å². The minimum Gasteiger partial charge on any atom is -0.465 e. The summed E-state index contributed by atoms with van der Waals surface area (Å²) in [5, 5.41) is 15.9. The Morgan fingerprint density at radius 2 is 1.89 bits per heavy atom. The number of imidazole rings is 1. The number of aryl methyl sites for hydroxylation is 1. The highest BCUT2D eigenvalue weighted by Gasteiger charge is 2.22. The first kappa shape index (κ1) is 24.6. The number of H-pyrrole nitrogens is 1. The van der Waals surface area contributed by atoms with Crippen LogP contribution < -0.4 is 10.6 Å². The van der Waals surface area contributed by atoms with Gasteiger partial charge in [-0.25, -0.2) is 14.8 Å². The van der Waals surface area contributed by atoms with Crippen LogP contribution in [-0.4, -0.2) is 56.6 Å². The van der Waals surface area contributed by atoms with Gasteiger partial charge in [0.05, 0.1) is 27.3 Å². The van der Waals surface area contributed by atoms with Crippen LogP contribution in [0.2, 0.25) is 5.02 Å². The number of carboxylic acid groups (broad SMARTS) is 1. The summed E-state index contributed by atoms with van der Waals surface area (Å²) in [5.74, 6) is 1.43. The van der Waals surface area contributed by atoms with Crippen molar-refractivity contribution < 1.29 is 14.7 Å². The third kappa shape index (κ3) is 5.51. The number of carbonyl (C=O) groups is 2. The highest BCUT2D eigenvalue weighted by Crippen LogP contribution is 2.30. The monoisotopic (exact) mass is 518 g/mol. The number of likely N-dealkylation sites (tertiary alicyclic amines) is 1. The second kappa shape index (κ2) is 10.5. The number of pyridine rings is 1. The molecule has 0 bridgehead atoms. The lowest BCUT2D eigenvalue weighted by atomic mass is 9.97. The van der Waals surface area contributed by atoms with E-state index in [-0.39, 0.29) is 5.91 Å². The number of nitrogens with zero attached hydrogens (tertiary/aromatic N) is 3. The largest absolute Gasteiger partial charge is 0.465 e. The molecule has 9 nitrogen and oxygen atoms in total. The normalized spacial score (nSPS) is 14.1. The Hall–Kier alpha value is -4.11. The van der Waals surface area contributed by atoms with Crippen molar-refractivity contribution in [3.8, 4) is 11.4 Å². The molecule has 0 aliphatic carbocycles. The molecule has 1 saturated heterocycles. The van der Waals surface area contributed by atoms with Gasteiger partial charge in [-0.05, 0) is 68.1 Å². The lowest BCUT2D eigenvalue weighted by Crippen LogP contribution is -2.39. The predicted molar refractivity (Wildman–Crippen MR) is 144 cm³/mol. The number of aromatic amines is 1. The minimum atomic E-state index is -0.859. The molecule has 0 unspecified atom stereocenters. The third-order valence-electron chi connectivity index (χ3n) is 6.66. The summed E-state index contributed by atoms with van der Waals surface area (Å²) in [4.78, 5) is 38.0. The average Bonchev–Trinajstić information content (AvgIpc) is 3.33. The Morgan fingerprint density at radius 3 is 2.62 bits per heavy atom. The summed E-state index contributed by atoms with van der Waals surface area (Å²) in [6.07, 6.45) is 0.771. The molecule has 0 spiro atoms. The van der Waals surface area contributed by atoms with E-state index < -0.39 is 6.09 Å². The van der Waals surface area contributed by atoms with Crippen LogP contribution in [0.1, 0.15) is 28.9 Å². The molecule has 5 rings (SSSR count). The van der Waals surface area contributed by atoms with Crippen molar-refractivity contribution in [1.82, 2.24) is 19.9 Å². The summed E-state index contributed by atoms with van der Waals surface area (Å²) in [7, 11) is 0. The van der Waals surface area contributed by atoms with E-state index in [1.165, 1.54) is 4.90 Å². The fraction of sp³-hybridized carbons (Fsp3) is 0.259. The molecule has 4 aromatic rings. The van der Waals surface area contributed by atoms with Crippen molar-refractivity contribution in [2.75, 3.05) is 30.3 Å². The summed E-state index contributed by atoms with van der Waals surface area (Å²) in [5.41, 5.74) is 4.11. The number of benzene rings is 2. The highest BCUT2D eigenvalue weighted by atomic mass is 35.5. The Kier molecular flexibility index (Phi) is 6.96. The van der Waals surface area contributed by atoms with Crippen LogP contribution in [0.5, 0.6) is 0 Å². The van der Waals surface area contributed by atoms with Gasteiger partial charge >= 0.3 is 6.09 Å². The summed E-state index contributed by atoms with van der Waals surface area (Å²) >= 11 is 6.44. The molecule has 1 aliphatic rings. The van der Waals surface area contributed by atoms with E-state index in [1.807, 2.05) is 24.3 Å². The van der Waals surface area contributed by atoms with Crippen molar-refractivity contribution in [2.45, 2.75) is 19.8 Å². The zero-order chi connectivity index (χ0) is 25.9. The first-order valence-electron chi connectivity index (χ1n) is 12.1. The maximum absolute atomic E-state index is 13.0. The van der Waals surface area contributed by atoms with Crippen LogP contribution in [0, 0.1) is 12.8 Å². The predicted octanol–water partition coefficient (Wildman–Crippen LogP) is 5.64. The first-order chi connectivity index (χ1) is 17.9. The van der Waals surface area contributed by atoms with E-state index in [2.05, 4.69) is 25.6 Å². The maximum atomic E-state index is 13.0. The van der Waals surface area contributed by atoms with Crippen LogP contribution in [0.25, 0.3) is 22.4 Å². The molecular weight excluding hydrogens is 492 g/mol. The summed E-state index contributed by atoms with van der Waals surface area (Å²) < 4.78 is 0. The quantitative estimate of drug-likeness (QED) is 0.262. The molecule has 37 heavy (non-hydrogen) atoms. The molecule has 1 fully saturated rings. The second-order valence-corrected chi connectivity index (χ2v) is 9.58. The van der Waals surface area contributed by atoms with Gasteiger partial charge in [0.2, 0.25) is 0 Å². The maximum Gasteiger partial charge on any atom is 0.407 e. The van der Waals surface area contributed by atoms with Crippen molar-refractivity contribution in [3.05, 3.63) is 70.9 Å². The number of fused-ring (bicyclic) bond motifs is 1. The van der Waals surface area contributed by atoms with Crippen LogP contribution in [0.3, 0.4) is 0 Å². The molecule has 0 atom stereocenters. The van der Waals surface area contributed by atoms with E-state index >= 15 is 0 Å². The second-order valence-electron chi connectivity index (χ2n) is 9.17. The topological polar surface area (TPSA) is 123 Å². The lowest BCUT2D eigenvalue weighted by molar-refractivity contribution is 0.102. The standard InChI is InChI=1S/C27H27ClN6O3/c1-16-19(7-9-24(30-16)29-15-17-10-12-34(13-11-17)27(36)37)26(35)31-18-6-8-21(28)20(14-18)25-32-22-4-2-3-5-23(22)33-25/h2-9,14,17H,10-13,15H2,1H3,(H,29,30)(H,31,35)(H,32,33)(H,36,37). The Bertz CT molecular complexity index is 1430. The first-order valence-corrected chi connectivity index (χ1v) is 12.5. The Balaban J connectivity index is 1.24. The molecule has 4 N–H and O–H groups in total. The van der Waals surface area contributed by atoms with E-state index in [1.54, 1.807) is 37.3 Å². The fourth-order valence-electron chi connectivity index (χ4n) is 4.54. The van der Waals surface area contributed by atoms with Crippen LogP contribution in [-0.2, 0) is 0 Å². The number of nitrogens with one attached hydrogen (secondary N) is 3. The van der Waals surface area contributed by atoms with Crippen LogP contribution in [0.4, 0.5) is 16.3 Å². The molecule has 2 amide bonds. The number of anilines is 2. The number of hydrogen-bond donors (Lipinski definition) is 4. The van der Waals surface area contributed by atoms with Crippen LogP contribution >= 0.6 is 11.6 Å². The van der Waals surface area contributed by atoms with Crippen molar-refractivity contribution in [3.63, 3.8) is 0 Å². The van der Waals surface area contributed by atoms with Gasteiger partial charge in [-0.3, -0.25) is 4.79 Å². The average molecular weight is 519 g/mol. The molecule has 3 heterocycles. The number of piperidine rings is 1. The third-order valence-corrected chi connectivity index (χ3v) is 6.99. The number of para-hydroxylation sites is 2. The van der Waals surface area contributed by atoms with Gasteiger partial charge in [0.25, 0.3) is 5.91 Å². The number of hydrogen-bond acceptors (Lipinski definition) is 5. The van der Waals surface area contributed by atoms with E-state index in [0.717, 1.165) is 23.9 Å². The molecule has 10 heteroatoms. The van der Waals surface area contributed by atoms with Gasteiger partial charge in [-0.2, -0.15) is 0 Å². The number of amides is 2. The van der Waals surface area contributed by atoms with Gasteiger partial charge in [0, 0.05) is 30.9 Å². The molecule has 0 radical (unpaired) electrons. The van der Waals surface area contributed by atoms with Gasteiger partial charge in [-0.15, -0.1) is 0 Å². The molecule has 190 valence electrons. The fourth-order valence-corrected chi connectivity index (χ4v) is 4.75. The number of carbonyl (C=O) groups excluding carboxylic acids is 1. The molecular formula is C27H27ClN6O3. The van der Waals surface area contributed by atoms with Gasteiger partial charge in [0.1, 0.15) is 11.6 Å². The van der Waals surface area contributed by atoms with Crippen molar-refractivity contribution in [1.29, 1.82) is 0 Å². The lowest BCUT2D eigenvalue weighted by Gasteiger charge is -2.30. The van der Waals surface area contributed by atoms with Gasteiger partial charge in [0.15, 0.2) is 0 Å². The Labute approximate surface area is 218 Å². The van der Waals surface area contributed by atoms with E-state index in [4.69, 9.17) is 16.7 Å². The zero-order valence-electron chi connectivity index (χ0n) is 20.3. The smallest absolute Gasteiger partial charge is 0.407 e. The molecule has 2 aromatic heterocycles. The zero-order valence-corrected chi connectivity index (χ0v) is 21.0. The summed E-state index contributed by atoms with van der Waals surface area (Å²) in [6, 6.07) is 16.6. The molecule has 0 saturated carbocycles. The number of aromatic nitrogens is 3.